The summed E-state index contributed by atoms with van der Waals surface area (Å²) in [5.74, 6) is -0.153. The molecule has 0 aliphatic heterocycles. The van der Waals surface area contributed by atoms with Crippen LogP contribution < -0.4 is 10.2 Å². The SMILES string of the molecule is CC(C)(C)OC(=O)Nc1ccc(CC(=O)N(CCO)c2cccc3cccnc23)cc1. The molecule has 0 aliphatic rings. The molecule has 0 bridgehead atoms. The summed E-state index contributed by atoms with van der Waals surface area (Å²) in [5, 5.41) is 13.1. The first-order valence-corrected chi connectivity index (χ1v) is 10.1. The molecule has 0 aliphatic carbocycles. The Hall–Kier alpha value is -3.45. The van der Waals surface area contributed by atoms with Gasteiger partial charge in [0.25, 0.3) is 0 Å². The van der Waals surface area contributed by atoms with Crippen LogP contribution in [0.3, 0.4) is 0 Å². The number of nitrogens with one attached hydrogen (secondary N) is 1. The van der Waals surface area contributed by atoms with E-state index in [4.69, 9.17) is 4.74 Å². The summed E-state index contributed by atoms with van der Waals surface area (Å²) >= 11 is 0. The molecule has 1 heterocycles. The number of amides is 2. The van der Waals surface area contributed by atoms with Gasteiger partial charge in [-0.1, -0.05) is 30.3 Å². The summed E-state index contributed by atoms with van der Waals surface area (Å²) in [6, 6.07) is 16.4. The van der Waals surface area contributed by atoms with E-state index >= 15 is 0 Å². The van der Waals surface area contributed by atoms with Crippen LogP contribution in [0.25, 0.3) is 10.9 Å². The van der Waals surface area contributed by atoms with E-state index in [9.17, 15) is 14.7 Å². The van der Waals surface area contributed by atoms with Crippen LogP contribution in [0, 0.1) is 0 Å². The molecule has 0 atom stereocenters. The van der Waals surface area contributed by atoms with E-state index in [2.05, 4.69) is 10.3 Å². The Morgan fingerprint density at radius 3 is 2.45 bits per heavy atom. The smallest absolute Gasteiger partial charge is 0.412 e. The molecule has 3 aromatic rings. The lowest BCUT2D eigenvalue weighted by Gasteiger charge is -2.23. The van der Waals surface area contributed by atoms with Gasteiger partial charge in [0.15, 0.2) is 0 Å². The molecule has 7 nitrogen and oxygen atoms in total. The van der Waals surface area contributed by atoms with E-state index in [0.717, 1.165) is 10.9 Å². The van der Waals surface area contributed by atoms with Crippen LogP contribution in [-0.4, -0.2) is 40.8 Å². The van der Waals surface area contributed by atoms with Gasteiger partial charge in [0.2, 0.25) is 5.91 Å². The molecule has 0 fully saturated rings. The van der Waals surface area contributed by atoms with E-state index < -0.39 is 11.7 Å². The topological polar surface area (TPSA) is 91.8 Å². The number of carbonyl (C=O) groups excluding carboxylic acids is 2. The van der Waals surface area contributed by atoms with Gasteiger partial charge in [-0.3, -0.25) is 15.1 Å². The molecule has 0 spiro atoms. The zero-order chi connectivity index (χ0) is 22.4. The van der Waals surface area contributed by atoms with Crippen molar-refractivity contribution in [3.63, 3.8) is 0 Å². The minimum absolute atomic E-state index is 0.149. The average Bonchev–Trinajstić information content (AvgIpc) is 2.71. The fourth-order valence-electron chi connectivity index (χ4n) is 3.18. The van der Waals surface area contributed by atoms with Crippen molar-refractivity contribution in [2.24, 2.45) is 0 Å². The molecule has 2 amide bonds. The number of anilines is 2. The molecule has 0 radical (unpaired) electrons. The molecule has 1 aromatic heterocycles. The van der Waals surface area contributed by atoms with Crippen LogP contribution >= 0.6 is 0 Å². The van der Waals surface area contributed by atoms with Gasteiger partial charge in [-0.05, 0) is 50.6 Å². The summed E-state index contributed by atoms with van der Waals surface area (Å²) in [6.07, 6.45) is 1.30. The van der Waals surface area contributed by atoms with Crippen molar-refractivity contribution in [2.75, 3.05) is 23.4 Å². The number of nitrogens with zero attached hydrogens (tertiary/aromatic N) is 2. The maximum Gasteiger partial charge on any atom is 0.412 e. The number of rotatable bonds is 6. The quantitative estimate of drug-likeness (QED) is 0.624. The summed E-state index contributed by atoms with van der Waals surface area (Å²) < 4.78 is 5.24. The molecule has 2 N–H and O–H groups in total. The van der Waals surface area contributed by atoms with Gasteiger partial charge >= 0.3 is 6.09 Å². The maximum atomic E-state index is 13.1. The molecular formula is C24H27N3O4. The third-order valence-electron chi connectivity index (χ3n) is 4.48. The second-order valence-corrected chi connectivity index (χ2v) is 8.12. The van der Waals surface area contributed by atoms with E-state index in [1.165, 1.54) is 0 Å². The van der Waals surface area contributed by atoms with Gasteiger partial charge in [0.05, 0.1) is 24.2 Å². The molecule has 0 saturated carbocycles. The lowest BCUT2D eigenvalue weighted by Crippen LogP contribution is -2.35. The molecule has 0 unspecified atom stereocenters. The standard InChI is InChI=1S/C24H27N3O4/c1-24(2,3)31-23(30)26-19-11-9-17(10-12-19)16-21(29)27(14-15-28)20-8-4-6-18-7-5-13-25-22(18)20/h4-13,28H,14-16H2,1-3H3,(H,26,30). The lowest BCUT2D eigenvalue weighted by molar-refractivity contribution is -0.118. The number of pyridine rings is 1. The number of aromatic nitrogens is 1. The highest BCUT2D eigenvalue weighted by Crippen LogP contribution is 2.25. The number of hydrogen-bond acceptors (Lipinski definition) is 5. The first-order chi connectivity index (χ1) is 14.8. The van der Waals surface area contributed by atoms with Crippen LogP contribution in [0.5, 0.6) is 0 Å². The summed E-state index contributed by atoms with van der Waals surface area (Å²) in [6.45, 7) is 5.40. The van der Waals surface area contributed by atoms with Gasteiger partial charge < -0.3 is 14.7 Å². The average molecular weight is 421 g/mol. The molecule has 2 aromatic carbocycles. The Bertz CT molecular complexity index is 1050. The van der Waals surface area contributed by atoms with Crippen LogP contribution in [-0.2, 0) is 16.0 Å². The van der Waals surface area contributed by atoms with E-state index in [0.29, 0.717) is 16.9 Å². The highest BCUT2D eigenvalue weighted by molar-refractivity contribution is 6.02. The molecule has 7 heteroatoms. The third kappa shape index (κ3) is 6.02. The van der Waals surface area contributed by atoms with Crippen molar-refractivity contribution in [1.82, 2.24) is 4.98 Å². The second kappa shape index (κ2) is 9.57. The van der Waals surface area contributed by atoms with Crippen LogP contribution in [0.1, 0.15) is 26.3 Å². The zero-order valence-electron chi connectivity index (χ0n) is 18.0. The number of fused-ring (bicyclic) bond motifs is 1. The Balaban J connectivity index is 1.73. The molecule has 162 valence electrons. The highest BCUT2D eigenvalue weighted by Gasteiger charge is 2.19. The number of para-hydroxylation sites is 1. The Kier molecular flexibility index (Phi) is 6.87. The molecule has 0 saturated heterocycles. The fraction of sp³-hybridized carbons (Fsp3) is 0.292. The summed E-state index contributed by atoms with van der Waals surface area (Å²) in [7, 11) is 0. The first-order valence-electron chi connectivity index (χ1n) is 10.1. The number of benzene rings is 2. The zero-order valence-corrected chi connectivity index (χ0v) is 18.0. The van der Waals surface area contributed by atoms with Crippen LogP contribution in [0.2, 0.25) is 0 Å². The largest absolute Gasteiger partial charge is 0.444 e. The Morgan fingerprint density at radius 1 is 1.06 bits per heavy atom. The predicted molar refractivity (Wildman–Crippen MR) is 121 cm³/mol. The first kappa shape index (κ1) is 22.2. The van der Waals surface area contributed by atoms with Gasteiger partial charge in [0.1, 0.15) is 5.60 Å². The van der Waals surface area contributed by atoms with Crippen molar-refractivity contribution in [3.05, 3.63) is 66.4 Å². The van der Waals surface area contributed by atoms with Gasteiger partial charge in [-0.25, -0.2) is 4.79 Å². The van der Waals surface area contributed by atoms with Crippen LogP contribution in [0.15, 0.2) is 60.8 Å². The fourth-order valence-corrected chi connectivity index (χ4v) is 3.18. The minimum atomic E-state index is -0.580. The highest BCUT2D eigenvalue weighted by atomic mass is 16.6. The number of carbonyl (C=O) groups is 2. The number of aliphatic hydroxyl groups excluding tert-OH is 1. The predicted octanol–water partition coefficient (Wildman–Crippen LogP) is 4.15. The maximum absolute atomic E-state index is 13.1. The Morgan fingerprint density at radius 2 is 1.77 bits per heavy atom. The molecular weight excluding hydrogens is 394 g/mol. The van der Waals surface area contributed by atoms with E-state index in [-0.39, 0.29) is 25.5 Å². The van der Waals surface area contributed by atoms with Crippen molar-refractivity contribution in [2.45, 2.75) is 32.8 Å². The van der Waals surface area contributed by atoms with Gasteiger partial charge in [-0.2, -0.15) is 0 Å². The minimum Gasteiger partial charge on any atom is -0.444 e. The number of aliphatic hydroxyl groups is 1. The van der Waals surface area contributed by atoms with E-state index in [1.807, 2.05) is 30.3 Å². The van der Waals surface area contributed by atoms with Crippen molar-refractivity contribution in [3.8, 4) is 0 Å². The van der Waals surface area contributed by atoms with Crippen LogP contribution in [0.4, 0.5) is 16.2 Å². The van der Waals surface area contributed by atoms with Gasteiger partial charge in [-0.15, -0.1) is 0 Å². The lowest BCUT2D eigenvalue weighted by atomic mass is 10.1. The molecule has 31 heavy (non-hydrogen) atoms. The van der Waals surface area contributed by atoms with Gasteiger partial charge in [0, 0.05) is 23.8 Å². The van der Waals surface area contributed by atoms with Crippen molar-refractivity contribution in [1.29, 1.82) is 0 Å². The summed E-state index contributed by atoms with van der Waals surface area (Å²) in [4.78, 5) is 30.9. The summed E-state index contributed by atoms with van der Waals surface area (Å²) in [5.41, 5.74) is 2.17. The monoisotopic (exact) mass is 421 g/mol. The van der Waals surface area contributed by atoms with E-state index in [1.54, 1.807) is 56.1 Å². The third-order valence-corrected chi connectivity index (χ3v) is 4.48. The normalized spacial score (nSPS) is 11.2. The Labute approximate surface area is 181 Å². The van der Waals surface area contributed by atoms with Crippen molar-refractivity contribution >= 4 is 34.3 Å². The number of ether oxygens (including phenoxy) is 1. The van der Waals surface area contributed by atoms with Crippen molar-refractivity contribution < 1.29 is 19.4 Å². The second-order valence-electron chi connectivity index (χ2n) is 8.12. The molecule has 3 rings (SSSR count). The number of hydrogen-bond donors (Lipinski definition) is 2.